The van der Waals surface area contributed by atoms with Gasteiger partial charge in [-0.25, -0.2) is 4.39 Å². The van der Waals surface area contributed by atoms with Crippen LogP contribution in [-0.4, -0.2) is 18.7 Å². The highest BCUT2D eigenvalue weighted by Crippen LogP contribution is 2.41. The summed E-state index contributed by atoms with van der Waals surface area (Å²) in [6, 6.07) is 4.61. The third kappa shape index (κ3) is 4.19. The van der Waals surface area contributed by atoms with E-state index in [4.69, 9.17) is 4.74 Å². The lowest BCUT2D eigenvalue weighted by Crippen LogP contribution is -2.45. The fraction of sp³-hybridized carbons (Fsp3) is 0.625. The summed E-state index contributed by atoms with van der Waals surface area (Å²) in [5.74, 6) is 1.17. The monoisotopic (exact) mass is 343 g/mol. The van der Waals surface area contributed by atoms with Gasteiger partial charge in [-0.3, -0.25) is 0 Å². The molecule has 112 valence electrons. The fourth-order valence-electron chi connectivity index (χ4n) is 2.47. The summed E-state index contributed by atoms with van der Waals surface area (Å²) in [5, 5.41) is 3.47. The quantitative estimate of drug-likeness (QED) is 0.734. The molecule has 2 nitrogen and oxygen atoms in total. The van der Waals surface area contributed by atoms with Crippen molar-refractivity contribution in [2.75, 3.05) is 13.1 Å². The minimum Gasteiger partial charge on any atom is -0.486 e. The van der Waals surface area contributed by atoms with E-state index in [0.29, 0.717) is 10.4 Å². The smallest absolute Gasteiger partial charge is 0.134 e. The Bertz CT molecular complexity index is 446. The van der Waals surface area contributed by atoms with Crippen molar-refractivity contribution in [2.45, 2.75) is 45.1 Å². The minimum absolute atomic E-state index is 0.0651. The highest BCUT2D eigenvalue weighted by Gasteiger charge is 2.39. The summed E-state index contributed by atoms with van der Waals surface area (Å²) in [7, 11) is 0. The van der Waals surface area contributed by atoms with Crippen molar-refractivity contribution in [3.8, 4) is 5.75 Å². The van der Waals surface area contributed by atoms with Crippen LogP contribution in [0.3, 0.4) is 0 Å². The van der Waals surface area contributed by atoms with Gasteiger partial charge in [0.15, 0.2) is 0 Å². The summed E-state index contributed by atoms with van der Waals surface area (Å²) in [6.45, 7) is 6.42. The van der Waals surface area contributed by atoms with Crippen LogP contribution >= 0.6 is 15.9 Å². The second kappa shape index (κ2) is 6.90. The number of halogens is 2. The van der Waals surface area contributed by atoms with E-state index in [9.17, 15) is 4.39 Å². The number of hydrogen-bond acceptors (Lipinski definition) is 2. The zero-order chi connectivity index (χ0) is 14.6. The molecule has 1 saturated carbocycles. The van der Waals surface area contributed by atoms with Gasteiger partial charge in [-0.1, -0.05) is 13.8 Å². The van der Waals surface area contributed by atoms with Gasteiger partial charge in [-0.2, -0.15) is 0 Å². The van der Waals surface area contributed by atoms with Crippen LogP contribution < -0.4 is 10.1 Å². The lowest BCUT2D eigenvalue weighted by atomic mass is 9.77. The predicted octanol–water partition coefficient (Wildman–Crippen LogP) is 4.53. The van der Waals surface area contributed by atoms with Gasteiger partial charge in [-0.15, -0.1) is 0 Å². The molecule has 1 aliphatic carbocycles. The van der Waals surface area contributed by atoms with Gasteiger partial charge in [-0.05, 0) is 78.8 Å². The van der Waals surface area contributed by atoms with Crippen LogP contribution in [0.25, 0.3) is 0 Å². The molecule has 1 aromatic rings. The van der Waals surface area contributed by atoms with Crippen LogP contribution in [0.2, 0.25) is 0 Å². The molecule has 0 radical (unpaired) electrons. The van der Waals surface area contributed by atoms with Gasteiger partial charge in [0.05, 0.1) is 4.47 Å². The van der Waals surface area contributed by atoms with E-state index in [1.807, 2.05) is 0 Å². The molecule has 0 amide bonds. The molecule has 0 aromatic heterocycles. The van der Waals surface area contributed by atoms with Crippen molar-refractivity contribution in [3.05, 3.63) is 28.5 Å². The minimum atomic E-state index is -0.245. The first-order valence-corrected chi connectivity index (χ1v) is 8.15. The third-order valence-electron chi connectivity index (χ3n) is 3.80. The van der Waals surface area contributed by atoms with Crippen molar-refractivity contribution in [3.63, 3.8) is 0 Å². The van der Waals surface area contributed by atoms with Crippen LogP contribution in [0, 0.1) is 11.7 Å². The van der Waals surface area contributed by atoms with E-state index in [-0.39, 0.29) is 11.4 Å². The topological polar surface area (TPSA) is 21.3 Å². The molecule has 4 heteroatoms. The van der Waals surface area contributed by atoms with Gasteiger partial charge in [0.2, 0.25) is 0 Å². The first kappa shape index (κ1) is 15.8. The molecule has 1 aromatic carbocycles. The molecule has 0 heterocycles. The van der Waals surface area contributed by atoms with Crippen molar-refractivity contribution >= 4 is 15.9 Å². The van der Waals surface area contributed by atoms with E-state index >= 15 is 0 Å². The SMILES string of the molecule is CC(C)CNCCC1(Oc2ccc(F)cc2Br)CCC1. The predicted molar refractivity (Wildman–Crippen MR) is 83.6 cm³/mol. The molecular formula is C16H23BrFNO. The maximum atomic E-state index is 13.1. The van der Waals surface area contributed by atoms with Crippen LogP contribution in [0.4, 0.5) is 4.39 Å². The number of benzene rings is 1. The average molecular weight is 344 g/mol. The number of rotatable bonds is 7. The first-order chi connectivity index (χ1) is 9.51. The lowest BCUT2D eigenvalue weighted by molar-refractivity contribution is -0.0150. The maximum absolute atomic E-state index is 13.1. The van der Waals surface area contributed by atoms with Crippen molar-refractivity contribution in [1.82, 2.24) is 5.32 Å². The lowest BCUT2D eigenvalue weighted by Gasteiger charge is -2.42. The second-order valence-corrected chi connectivity index (χ2v) is 6.92. The molecule has 1 fully saturated rings. The fourth-order valence-corrected chi connectivity index (χ4v) is 2.90. The van der Waals surface area contributed by atoms with Crippen LogP contribution in [0.5, 0.6) is 5.75 Å². The summed E-state index contributed by atoms with van der Waals surface area (Å²) < 4.78 is 20.0. The normalized spacial score (nSPS) is 17.1. The van der Waals surface area contributed by atoms with E-state index < -0.39 is 0 Å². The van der Waals surface area contributed by atoms with Crippen molar-refractivity contribution in [1.29, 1.82) is 0 Å². The average Bonchev–Trinajstić information content (AvgIpc) is 2.33. The molecule has 0 unspecified atom stereocenters. The third-order valence-corrected chi connectivity index (χ3v) is 4.41. The Hall–Kier alpha value is -0.610. The van der Waals surface area contributed by atoms with Crippen LogP contribution in [-0.2, 0) is 0 Å². The molecule has 0 atom stereocenters. The van der Waals surface area contributed by atoms with E-state index in [1.165, 1.54) is 18.6 Å². The standard InChI is InChI=1S/C16H23BrFNO/c1-12(2)11-19-9-8-16(6-3-7-16)20-15-5-4-13(18)10-14(15)17/h4-5,10,12,19H,3,6-9,11H2,1-2H3. The Morgan fingerprint density at radius 3 is 2.70 bits per heavy atom. The summed E-state index contributed by atoms with van der Waals surface area (Å²) in [6.07, 6.45) is 4.38. The van der Waals surface area contributed by atoms with Gasteiger partial charge in [0.25, 0.3) is 0 Å². The van der Waals surface area contributed by atoms with Gasteiger partial charge in [0.1, 0.15) is 17.2 Å². The summed E-state index contributed by atoms with van der Waals surface area (Å²) in [5.41, 5.74) is -0.0651. The molecule has 1 N–H and O–H groups in total. The van der Waals surface area contributed by atoms with Gasteiger partial charge >= 0.3 is 0 Å². The van der Waals surface area contributed by atoms with E-state index in [1.54, 1.807) is 6.07 Å². The molecule has 1 aliphatic rings. The number of nitrogens with one attached hydrogen (secondary N) is 1. The summed E-state index contributed by atoms with van der Waals surface area (Å²) in [4.78, 5) is 0. The highest BCUT2D eigenvalue weighted by molar-refractivity contribution is 9.10. The van der Waals surface area contributed by atoms with Gasteiger partial charge in [0, 0.05) is 0 Å². The zero-order valence-corrected chi connectivity index (χ0v) is 13.8. The second-order valence-electron chi connectivity index (χ2n) is 6.06. The molecule has 0 bridgehead atoms. The Morgan fingerprint density at radius 1 is 1.40 bits per heavy atom. The number of hydrogen-bond donors (Lipinski definition) is 1. The van der Waals surface area contributed by atoms with Crippen LogP contribution in [0.15, 0.2) is 22.7 Å². The van der Waals surface area contributed by atoms with E-state index in [0.717, 1.165) is 38.1 Å². The maximum Gasteiger partial charge on any atom is 0.134 e. The van der Waals surface area contributed by atoms with Crippen LogP contribution in [0.1, 0.15) is 39.5 Å². The zero-order valence-electron chi connectivity index (χ0n) is 12.2. The van der Waals surface area contributed by atoms with Gasteiger partial charge < -0.3 is 10.1 Å². The molecule has 0 spiro atoms. The largest absolute Gasteiger partial charge is 0.486 e. The Labute approximate surface area is 129 Å². The molecule has 2 rings (SSSR count). The Morgan fingerprint density at radius 2 is 2.15 bits per heavy atom. The Kier molecular flexibility index (Phi) is 5.44. The molecule has 0 saturated heterocycles. The first-order valence-electron chi connectivity index (χ1n) is 7.35. The summed E-state index contributed by atoms with van der Waals surface area (Å²) >= 11 is 3.37. The molecule has 20 heavy (non-hydrogen) atoms. The van der Waals surface area contributed by atoms with Crippen molar-refractivity contribution < 1.29 is 9.13 Å². The molecule has 0 aliphatic heterocycles. The highest BCUT2D eigenvalue weighted by atomic mass is 79.9. The van der Waals surface area contributed by atoms with Crippen molar-refractivity contribution in [2.24, 2.45) is 5.92 Å². The number of ether oxygens (including phenoxy) is 1. The Balaban J connectivity index is 1.90. The van der Waals surface area contributed by atoms with E-state index in [2.05, 4.69) is 35.1 Å². The molecular weight excluding hydrogens is 321 g/mol.